The summed E-state index contributed by atoms with van der Waals surface area (Å²) in [5.74, 6) is 0.636. The van der Waals surface area contributed by atoms with E-state index in [9.17, 15) is 9.90 Å². The maximum atomic E-state index is 12.6. The summed E-state index contributed by atoms with van der Waals surface area (Å²) >= 11 is 0. The number of allylic oxidation sites excluding steroid dienone is 2. The molecular weight excluding hydrogens is 372 g/mol. The van der Waals surface area contributed by atoms with Crippen LogP contribution in [0.1, 0.15) is 53.9 Å². The molecule has 0 amide bonds. The minimum Gasteiger partial charge on any atom is -0.512 e. The Morgan fingerprint density at radius 1 is 1.32 bits per heavy atom. The van der Waals surface area contributed by atoms with Crippen LogP contribution in [0.15, 0.2) is 24.2 Å². The van der Waals surface area contributed by atoms with Crippen molar-refractivity contribution in [3.63, 3.8) is 0 Å². The largest absolute Gasteiger partial charge is 0.512 e. The van der Waals surface area contributed by atoms with Crippen molar-refractivity contribution in [1.82, 2.24) is 0 Å². The molecule has 2 rings (SSSR count). The Kier molecular flexibility index (Phi) is 7.94. The molecule has 0 heterocycles. The van der Waals surface area contributed by atoms with Gasteiger partial charge >= 0.3 is 5.97 Å². The van der Waals surface area contributed by atoms with Gasteiger partial charge in [0.25, 0.3) is 0 Å². The van der Waals surface area contributed by atoms with E-state index in [2.05, 4.69) is 46.4 Å². The van der Waals surface area contributed by atoms with Crippen LogP contribution >= 0.6 is 0 Å². The lowest BCUT2D eigenvalue weighted by Crippen LogP contribution is -2.40. The van der Waals surface area contributed by atoms with Crippen molar-refractivity contribution in [2.45, 2.75) is 78.1 Å². The maximum absolute atomic E-state index is 12.6. The molecule has 0 spiro atoms. The number of esters is 1. The van der Waals surface area contributed by atoms with E-state index in [1.54, 1.807) is 0 Å². The molecule has 0 saturated heterocycles. The highest BCUT2D eigenvalue weighted by atomic mass is 28.4. The van der Waals surface area contributed by atoms with Gasteiger partial charge in [0.2, 0.25) is 0 Å². The molecule has 0 aromatic heterocycles. The minimum atomic E-state index is -1.77. The first-order valence-electron chi connectivity index (χ1n) is 10.6. The zero-order valence-electron chi connectivity index (χ0n) is 18.4. The molecule has 6 heteroatoms. The number of hydrogen-bond acceptors (Lipinski definition) is 5. The normalized spacial score (nSPS) is 28.9. The molecule has 4 atom stereocenters. The third kappa shape index (κ3) is 5.48. The van der Waals surface area contributed by atoms with E-state index in [0.717, 1.165) is 31.6 Å². The van der Waals surface area contributed by atoms with Gasteiger partial charge in [-0.1, -0.05) is 26.0 Å². The molecule has 1 N–H and O–H groups in total. The highest BCUT2D eigenvalue weighted by molar-refractivity contribution is 6.73. The second kappa shape index (κ2) is 9.59. The first-order valence-corrected chi connectivity index (χ1v) is 13.3. The number of hydrogen-bond donors (Lipinski definition) is 1. The molecule has 2 aliphatic carbocycles. The zero-order valence-corrected chi connectivity index (χ0v) is 19.4. The van der Waals surface area contributed by atoms with Gasteiger partial charge in [-0.15, -0.1) is 0 Å². The van der Waals surface area contributed by atoms with Crippen LogP contribution < -0.4 is 0 Å². The van der Waals surface area contributed by atoms with Crippen LogP contribution in [0.2, 0.25) is 18.1 Å². The molecule has 1 fully saturated rings. The van der Waals surface area contributed by atoms with Gasteiger partial charge in [0, 0.05) is 12.7 Å². The van der Waals surface area contributed by atoms with Gasteiger partial charge in [-0.2, -0.15) is 0 Å². The number of carbonyl (C=O) groups excluding carboxylic acids is 1. The number of rotatable bonds is 11. The lowest BCUT2D eigenvalue weighted by atomic mass is 9.78. The Morgan fingerprint density at radius 3 is 2.54 bits per heavy atom. The van der Waals surface area contributed by atoms with E-state index in [1.165, 1.54) is 0 Å². The Balaban J connectivity index is 1.74. The molecule has 0 aromatic carbocycles. The van der Waals surface area contributed by atoms with Crippen molar-refractivity contribution >= 4 is 14.3 Å². The number of aliphatic hydroxyl groups excluding tert-OH is 1. The molecule has 0 aliphatic heterocycles. The third-order valence-electron chi connectivity index (χ3n) is 6.44. The Bertz CT molecular complexity index is 600. The second-order valence-electron chi connectivity index (χ2n) is 9.38. The van der Waals surface area contributed by atoms with Crippen molar-refractivity contribution in [2.75, 3.05) is 13.2 Å². The van der Waals surface area contributed by atoms with Gasteiger partial charge in [-0.3, -0.25) is 4.79 Å². The third-order valence-corrected chi connectivity index (χ3v) is 11.2. The van der Waals surface area contributed by atoms with E-state index < -0.39 is 13.7 Å². The number of fused-ring (bicyclic) bond motifs is 2. The second-order valence-corrected chi connectivity index (χ2v) is 13.9. The van der Waals surface area contributed by atoms with E-state index >= 15 is 0 Å². The summed E-state index contributed by atoms with van der Waals surface area (Å²) in [6, 6.07) is 1.02. The summed E-state index contributed by atoms with van der Waals surface area (Å²) < 4.78 is 17.4. The van der Waals surface area contributed by atoms with Crippen LogP contribution in [-0.2, 0) is 18.7 Å². The maximum Gasteiger partial charge on any atom is 0.317 e. The standard InChI is InChI=1S/C22H38O5Si/c1-16(2)27-28(6,17(3)4)11-7-10-25-15-20(14-23)26-21(24)22(5)13-18-8-9-19(22)12-18/h8-9,14,16-19,23H,7,10-13,15H2,1-6H3/b20-14-. The fourth-order valence-electron chi connectivity index (χ4n) is 4.38. The average Bonchev–Trinajstić information content (AvgIpc) is 3.20. The molecule has 1 saturated carbocycles. The summed E-state index contributed by atoms with van der Waals surface area (Å²) in [5.41, 5.74) is 0.0484. The lowest BCUT2D eigenvalue weighted by molar-refractivity contribution is -0.153. The number of aliphatic hydroxyl groups is 1. The topological polar surface area (TPSA) is 65.0 Å². The molecule has 160 valence electrons. The first-order chi connectivity index (χ1) is 13.1. The Morgan fingerprint density at radius 2 is 2.04 bits per heavy atom. The van der Waals surface area contributed by atoms with E-state index in [1.807, 2.05) is 6.92 Å². The zero-order chi connectivity index (χ0) is 20.9. The molecule has 28 heavy (non-hydrogen) atoms. The van der Waals surface area contributed by atoms with Crippen molar-refractivity contribution in [1.29, 1.82) is 0 Å². The van der Waals surface area contributed by atoms with Gasteiger partial charge in [0.1, 0.15) is 12.9 Å². The van der Waals surface area contributed by atoms with Crippen LogP contribution in [0.4, 0.5) is 0 Å². The molecule has 0 radical (unpaired) electrons. The Labute approximate surface area is 171 Å². The monoisotopic (exact) mass is 410 g/mol. The summed E-state index contributed by atoms with van der Waals surface area (Å²) in [7, 11) is -1.77. The predicted molar refractivity (Wildman–Crippen MR) is 113 cm³/mol. The quantitative estimate of drug-likeness (QED) is 0.164. The van der Waals surface area contributed by atoms with Crippen molar-refractivity contribution in [3.05, 3.63) is 24.2 Å². The summed E-state index contributed by atoms with van der Waals surface area (Å²) in [5, 5.41) is 9.44. The lowest BCUT2D eigenvalue weighted by Gasteiger charge is -2.33. The fraction of sp³-hybridized carbons (Fsp3) is 0.773. The minimum absolute atomic E-state index is 0.104. The highest BCUT2D eigenvalue weighted by Crippen LogP contribution is 2.52. The summed E-state index contributed by atoms with van der Waals surface area (Å²) in [6.07, 6.45) is 8.15. The smallest absolute Gasteiger partial charge is 0.317 e. The molecular formula is C22H38O5Si. The number of ether oxygens (including phenoxy) is 2. The predicted octanol–water partition coefficient (Wildman–Crippen LogP) is 5.35. The van der Waals surface area contributed by atoms with Crippen LogP contribution in [0.25, 0.3) is 0 Å². The molecule has 4 unspecified atom stereocenters. The van der Waals surface area contributed by atoms with Crippen LogP contribution in [0.5, 0.6) is 0 Å². The fourth-order valence-corrected chi connectivity index (χ4v) is 7.27. The van der Waals surface area contributed by atoms with Crippen molar-refractivity contribution in [2.24, 2.45) is 17.3 Å². The van der Waals surface area contributed by atoms with Crippen LogP contribution in [0.3, 0.4) is 0 Å². The highest BCUT2D eigenvalue weighted by Gasteiger charge is 2.51. The van der Waals surface area contributed by atoms with Crippen LogP contribution in [0, 0.1) is 17.3 Å². The van der Waals surface area contributed by atoms with E-state index in [0.29, 0.717) is 18.1 Å². The average molecular weight is 411 g/mol. The van der Waals surface area contributed by atoms with Gasteiger partial charge in [-0.25, -0.2) is 0 Å². The van der Waals surface area contributed by atoms with Gasteiger partial charge < -0.3 is 19.0 Å². The van der Waals surface area contributed by atoms with E-state index in [-0.39, 0.29) is 30.4 Å². The first kappa shape index (κ1) is 23.2. The van der Waals surface area contributed by atoms with Crippen LogP contribution in [-0.4, -0.2) is 38.7 Å². The summed E-state index contributed by atoms with van der Waals surface area (Å²) in [4.78, 5) is 12.6. The SMILES string of the molecule is CC(C)O[Si](C)(CCCOC/C(=C/O)OC(=O)C1(C)CC2C=CC1C2)C(C)C. The van der Waals surface area contributed by atoms with E-state index in [4.69, 9.17) is 13.9 Å². The van der Waals surface area contributed by atoms with Crippen molar-refractivity contribution in [3.8, 4) is 0 Å². The van der Waals surface area contributed by atoms with Gasteiger partial charge in [-0.05, 0) is 70.0 Å². The molecule has 5 nitrogen and oxygen atoms in total. The number of carbonyl (C=O) groups is 1. The molecule has 0 aromatic rings. The van der Waals surface area contributed by atoms with Gasteiger partial charge in [0.15, 0.2) is 14.1 Å². The summed E-state index contributed by atoms with van der Waals surface area (Å²) in [6.45, 7) is 13.5. The molecule has 2 bridgehead atoms. The van der Waals surface area contributed by atoms with Gasteiger partial charge in [0.05, 0.1) is 5.41 Å². The van der Waals surface area contributed by atoms with Crippen molar-refractivity contribution < 1.29 is 23.8 Å². The Hall–Kier alpha value is -1.11. The molecule has 2 aliphatic rings.